The Hall–Kier alpha value is -0.510. The van der Waals surface area contributed by atoms with Gasteiger partial charge in [0.05, 0.1) is 0 Å². The average molecular weight is 681 g/mol. The summed E-state index contributed by atoms with van der Waals surface area (Å²) in [5.41, 5.74) is 0. The van der Waals surface area contributed by atoms with Crippen LogP contribution < -0.4 is 0 Å². The van der Waals surface area contributed by atoms with E-state index in [1.165, 1.54) is 0 Å². The molecule has 21 heteroatoms. The van der Waals surface area contributed by atoms with Gasteiger partial charge in [-0.3, -0.25) is 0 Å². The zero-order valence-electron chi connectivity index (χ0n) is 14.4. The maximum Gasteiger partial charge on any atom is 0.411 e. The maximum absolute atomic E-state index is 10.5. The van der Waals surface area contributed by atoms with Crippen molar-refractivity contribution < 1.29 is 114 Å². The molecule has 0 fully saturated rings. The van der Waals surface area contributed by atoms with E-state index in [0.717, 1.165) is 0 Å². The molecule has 1 radical (unpaired) electrons. The third-order valence-electron chi connectivity index (χ3n) is 0.896. The third-order valence-corrected chi connectivity index (χ3v) is 0.896. The molecule has 0 aliphatic heterocycles. The van der Waals surface area contributed by atoms with Crippen molar-refractivity contribution in [1.82, 2.24) is 0 Å². The zero-order valence-corrected chi connectivity index (χ0v) is 17.6. The van der Waals surface area contributed by atoms with E-state index in [-0.39, 0.29) is 22.4 Å². The van der Waals surface area contributed by atoms with Crippen LogP contribution >= 0.6 is 0 Å². The van der Waals surface area contributed by atoms with Gasteiger partial charge in [-0.15, -0.1) is 0 Å². The second kappa shape index (κ2) is 20.1. The summed E-state index contributed by atoms with van der Waals surface area (Å²) in [7, 11) is 0. The molecule has 0 rings (SSSR count). The quantitative estimate of drug-likeness (QED) is 0.254. The Morgan fingerprint density at radius 1 is 0.290 bits per heavy atom. The van der Waals surface area contributed by atoms with Gasteiger partial charge in [0.2, 0.25) is 0 Å². The van der Waals surface area contributed by atoms with Gasteiger partial charge in [-0.25, -0.2) is 0 Å². The van der Waals surface area contributed by atoms with E-state index >= 15 is 0 Å². The Morgan fingerprint density at radius 2 is 0.323 bits per heavy atom. The van der Waals surface area contributed by atoms with Gasteiger partial charge >= 0.3 is 30.9 Å². The summed E-state index contributed by atoms with van der Waals surface area (Å²) >= 11 is 0. The minimum atomic E-state index is -4.40. The minimum Gasteiger partial charge on any atom is -0.387 e. The van der Waals surface area contributed by atoms with Crippen LogP contribution in [0.3, 0.4) is 0 Å². The SMILES string of the molecule is OCC(F)(F)F.OCC(F)(F)F.OCC(F)(F)F.OCC(F)(F)F.OCC(F)(F)F.[Ta]. The average Bonchev–Trinajstić information content (AvgIpc) is 2.54. The zero-order chi connectivity index (χ0) is 26.0. The molecule has 0 heterocycles. The molecule has 0 bridgehead atoms. The van der Waals surface area contributed by atoms with Gasteiger partial charge in [-0.2, -0.15) is 65.9 Å². The van der Waals surface area contributed by atoms with E-state index in [2.05, 4.69) is 0 Å². The van der Waals surface area contributed by atoms with Crippen LogP contribution in [0.1, 0.15) is 0 Å². The van der Waals surface area contributed by atoms with E-state index in [1.807, 2.05) is 0 Å². The van der Waals surface area contributed by atoms with Crippen LogP contribution in [0.5, 0.6) is 0 Å². The molecule has 0 aromatic carbocycles. The van der Waals surface area contributed by atoms with Gasteiger partial charge in [0.15, 0.2) is 0 Å². The molecule has 0 amide bonds. The first-order valence-corrected chi connectivity index (χ1v) is 6.18. The number of rotatable bonds is 0. The Balaban J connectivity index is -0.0000000625. The first kappa shape index (κ1) is 44.2. The standard InChI is InChI=1S/5C2H3F3O.Ta/c5*3-2(4,5)1-6;/h5*6H,1H2;. The summed E-state index contributed by atoms with van der Waals surface area (Å²) in [6.45, 7) is -8.65. The van der Waals surface area contributed by atoms with Gasteiger partial charge in [-0.05, 0) is 0 Å². The van der Waals surface area contributed by atoms with Gasteiger partial charge in [0, 0.05) is 22.4 Å². The fourth-order valence-corrected chi connectivity index (χ4v) is 0. The van der Waals surface area contributed by atoms with Crippen LogP contribution in [0.4, 0.5) is 65.9 Å². The number of halogens is 15. The first-order valence-electron chi connectivity index (χ1n) is 6.18. The molecule has 0 saturated heterocycles. The number of aliphatic hydroxyl groups excluding tert-OH is 5. The summed E-state index contributed by atoms with van der Waals surface area (Å²) < 4.78 is 158. The van der Waals surface area contributed by atoms with Crippen LogP contribution in [0.15, 0.2) is 0 Å². The fourth-order valence-electron chi connectivity index (χ4n) is 0. The van der Waals surface area contributed by atoms with Crippen LogP contribution in [0.25, 0.3) is 0 Å². The van der Waals surface area contributed by atoms with Crippen molar-refractivity contribution in [2.24, 2.45) is 0 Å². The predicted octanol–water partition coefficient (Wildman–Crippen LogP) is 2.70. The van der Waals surface area contributed by atoms with Crippen molar-refractivity contribution in [3.8, 4) is 0 Å². The molecular formula is C10H15F15O5Ta. The molecule has 5 N–H and O–H groups in total. The third kappa shape index (κ3) is 106. The molecule has 0 aliphatic carbocycles. The Bertz CT molecular complexity index is 280. The van der Waals surface area contributed by atoms with Crippen molar-refractivity contribution in [2.75, 3.05) is 33.0 Å². The molecular weight excluding hydrogens is 666 g/mol. The largest absolute Gasteiger partial charge is 0.411 e. The van der Waals surface area contributed by atoms with Crippen molar-refractivity contribution >= 4 is 0 Å². The molecule has 0 aromatic rings. The van der Waals surface area contributed by atoms with Crippen LogP contribution in [0, 0.1) is 0 Å². The van der Waals surface area contributed by atoms with E-state index in [1.54, 1.807) is 0 Å². The van der Waals surface area contributed by atoms with Gasteiger partial charge in [0.25, 0.3) is 0 Å². The van der Waals surface area contributed by atoms with Crippen molar-refractivity contribution in [3.63, 3.8) is 0 Å². The van der Waals surface area contributed by atoms with Crippen LogP contribution in [-0.2, 0) is 22.4 Å². The summed E-state index contributed by atoms with van der Waals surface area (Å²) in [6, 6.07) is 0. The van der Waals surface area contributed by atoms with Gasteiger partial charge in [0.1, 0.15) is 33.0 Å². The Labute approximate surface area is 178 Å². The second-order valence-corrected chi connectivity index (χ2v) is 3.87. The predicted molar refractivity (Wildman–Crippen MR) is 65.7 cm³/mol. The fraction of sp³-hybridized carbons (Fsp3) is 1.00. The number of hydrogen-bond acceptors (Lipinski definition) is 5. The molecule has 0 aromatic heterocycles. The monoisotopic (exact) mass is 681 g/mol. The Morgan fingerprint density at radius 3 is 0.323 bits per heavy atom. The minimum absolute atomic E-state index is 0. The molecule has 0 saturated carbocycles. The van der Waals surface area contributed by atoms with E-state index in [9.17, 15) is 65.9 Å². The van der Waals surface area contributed by atoms with Crippen LogP contribution in [0.2, 0.25) is 0 Å². The number of alkyl halides is 15. The summed E-state index contributed by atoms with van der Waals surface area (Å²) in [5.74, 6) is 0. The molecule has 0 unspecified atom stereocenters. The van der Waals surface area contributed by atoms with Crippen molar-refractivity contribution in [3.05, 3.63) is 0 Å². The molecule has 0 aliphatic rings. The molecule has 5 nitrogen and oxygen atoms in total. The van der Waals surface area contributed by atoms with Gasteiger partial charge < -0.3 is 25.5 Å². The molecule has 195 valence electrons. The van der Waals surface area contributed by atoms with E-state index < -0.39 is 63.9 Å². The molecule has 0 atom stereocenters. The molecule has 0 spiro atoms. The van der Waals surface area contributed by atoms with Gasteiger partial charge in [-0.1, -0.05) is 0 Å². The van der Waals surface area contributed by atoms with E-state index in [0.29, 0.717) is 0 Å². The first-order chi connectivity index (χ1) is 12.8. The van der Waals surface area contributed by atoms with E-state index in [4.69, 9.17) is 25.5 Å². The summed E-state index contributed by atoms with van der Waals surface area (Å²) in [4.78, 5) is 0. The number of aliphatic hydroxyl groups is 5. The van der Waals surface area contributed by atoms with Crippen LogP contribution in [-0.4, -0.2) is 89.4 Å². The maximum atomic E-state index is 10.5. The topological polar surface area (TPSA) is 101 Å². The smallest absolute Gasteiger partial charge is 0.387 e. The number of hydrogen-bond donors (Lipinski definition) is 5. The normalized spacial score (nSPS) is 11.6. The summed E-state index contributed by atoms with van der Waals surface area (Å²) in [6.07, 6.45) is -22.0. The Kier molecular flexibility index (Phi) is 28.7. The molecule has 31 heavy (non-hydrogen) atoms. The summed E-state index contributed by atoms with van der Waals surface area (Å²) in [5, 5.41) is 36.4. The van der Waals surface area contributed by atoms with Crippen molar-refractivity contribution in [2.45, 2.75) is 30.9 Å². The second-order valence-electron chi connectivity index (χ2n) is 3.87. The van der Waals surface area contributed by atoms with Crippen molar-refractivity contribution in [1.29, 1.82) is 0 Å².